The third-order valence-corrected chi connectivity index (χ3v) is 2.37. The number of methoxy groups -OCH3 is 1. The number of aliphatic hydroxyl groups excluding tert-OH is 1. The molecule has 5 heteroatoms. The summed E-state index contributed by atoms with van der Waals surface area (Å²) in [6.07, 6.45) is 0. The largest absolute Gasteiger partial charge is 0.508 e. The monoisotopic (exact) mass is 240 g/mol. The predicted octanol–water partition coefficient (Wildman–Crippen LogP) is 0.0723. The van der Waals surface area contributed by atoms with Gasteiger partial charge in [0.05, 0.1) is 13.7 Å². The van der Waals surface area contributed by atoms with Crippen molar-refractivity contribution in [2.75, 3.05) is 33.4 Å². The van der Waals surface area contributed by atoms with E-state index in [9.17, 15) is 5.11 Å². The van der Waals surface area contributed by atoms with Crippen molar-refractivity contribution in [1.82, 2.24) is 10.6 Å². The minimum absolute atomic E-state index is 0.149. The lowest BCUT2D eigenvalue weighted by atomic mass is 10.2. The lowest BCUT2D eigenvalue weighted by molar-refractivity contribution is 0.292. The molecule has 0 spiro atoms. The number of benzene rings is 1. The van der Waals surface area contributed by atoms with E-state index in [0.29, 0.717) is 13.1 Å². The lowest BCUT2D eigenvalue weighted by Crippen LogP contribution is -2.28. The second-order valence-corrected chi connectivity index (χ2v) is 3.65. The molecule has 96 valence electrons. The molecule has 0 aliphatic carbocycles. The number of hydrogen-bond donors (Lipinski definition) is 4. The van der Waals surface area contributed by atoms with Crippen molar-refractivity contribution in [3.8, 4) is 11.5 Å². The lowest BCUT2D eigenvalue weighted by Gasteiger charge is -2.09. The first-order chi connectivity index (χ1) is 8.27. The topological polar surface area (TPSA) is 73.8 Å². The van der Waals surface area contributed by atoms with Crippen molar-refractivity contribution in [3.63, 3.8) is 0 Å². The van der Waals surface area contributed by atoms with Crippen molar-refractivity contribution in [2.45, 2.75) is 6.54 Å². The van der Waals surface area contributed by atoms with Crippen molar-refractivity contribution < 1.29 is 14.9 Å². The minimum Gasteiger partial charge on any atom is -0.508 e. The van der Waals surface area contributed by atoms with Crippen LogP contribution in [-0.4, -0.2) is 43.6 Å². The van der Waals surface area contributed by atoms with Gasteiger partial charge in [-0.25, -0.2) is 0 Å². The Labute approximate surface area is 101 Å². The van der Waals surface area contributed by atoms with Gasteiger partial charge >= 0.3 is 0 Å². The summed E-state index contributed by atoms with van der Waals surface area (Å²) < 4.78 is 5.09. The van der Waals surface area contributed by atoms with Crippen LogP contribution in [0.2, 0.25) is 0 Å². The minimum atomic E-state index is 0.149. The standard InChI is InChI=1S/C12H20N2O3/c1-17-11-2-3-12(16)10(8-11)9-14-5-4-13-6-7-15/h2-3,8,13-16H,4-7,9H2,1H3. The van der Waals surface area contributed by atoms with Gasteiger partial charge in [0, 0.05) is 31.7 Å². The Morgan fingerprint density at radius 1 is 1.18 bits per heavy atom. The van der Waals surface area contributed by atoms with E-state index in [1.54, 1.807) is 19.2 Å². The van der Waals surface area contributed by atoms with Crippen molar-refractivity contribution in [1.29, 1.82) is 0 Å². The van der Waals surface area contributed by atoms with Crippen molar-refractivity contribution in [3.05, 3.63) is 23.8 Å². The summed E-state index contributed by atoms with van der Waals surface area (Å²) in [5, 5.41) is 24.4. The molecular formula is C12H20N2O3. The first kappa shape index (κ1) is 13.8. The third kappa shape index (κ3) is 5.04. The summed E-state index contributed by atoms with van der Waals surface area (Å²) in [6, 6.07) is 5.16. The molecule has 1 rings (SSSR count). The number of phenols is 1. The van der Waals surface area contributed by atoms with Gasteiger partial charge in [-0.2, -0.15) is 0 Å². The zero-order chi connectivity index (χ0) is 12.5. The van der Waals surface area contributed by atoms with Gasteiger partial charge in [0.25, 0.3) is 0 Å². The van der Waals surface area contributed by atoms with Gasteiger partial charge in [0.15, 0.2) is 0 Å². The smallest absolute Gasteiger partial charge is 0.120 e. The van der Waals surface area contributed by atoms with Crippen LogP contribution < -0.4 is 15.4 Å². The molecule has 1 aromatic rings. The Kier molecular flexibility index (Phi) is 6.39. The quantitative estimate of drug-likeness (QED) is 0.484. The predicted molar refractivity (Wildman–Crippen MR) is 66.3 cm³/mol. The molecule has 0 fully saturated rings. The van der Waals surface area contributed by atoms with Crippen LogP contribution in [0.4, 0.5) is 0 Å². The van der Waals surface area contributed by atoms with Crippen LogP contribution >= 0.6 is 0 Å². The summed E-state index contributed by atoms with van der Waals surface area (Å²) in [5.41, 5.74) is 0.812. The molecule has 1 aromatic carbocycles. The zero-order valence-corrected chi connectivity index (χ0v) is 10.1. The van der Waals surface area contributed by atoms with Crippen LogP contribution in [0.5, 0.6) is 11.5 Å². The molecule has 0 atom stereocenters. The van der Waals surface area contributed by atoms with Crippen LogP contribution in [0.15, 0.2) is 18.2 Å². The molecule has 0 radical (unpaired) electrons. The highest BCUT2D eigenvalue weighted by Crippen LogP contribution is 2.22. The Morgan fingerprint density at radius 3 is 2.65 bits per heavy atom. The fourth-order valence-corrected chi connectivity index (χ4v) is 1.43. The van der Waals surface area contributed by atoms with Crippen LogP contribution in [-0.2, 0) is 6.54 Å². The molecule has 0 heterocycles. The van der Waals surface area contributed by atoms with Gasteiger partial charge in [-0.15, -0.1) is 0 Å². The highest BCUT2D eigenvalue weighted by molar-refractivity contribution is 5.39. The number of aromatic hydroxyl groups is 1. The zero-order valence-electron chi connectivity index (χ0n) is 10.1. The Morgan fingerprint density at radius 2 is 1.94 bits per heavy atom. The van der Waals surface area contributed by atoms with Gasteiger partial charge in [0.1, 0.15) is 11.5 Å². The maximum Gasteiger partial charge on any atom is 0.120 e. The van der Waals surface area contributed by atoms with Crippen molar-refractivity contribution in [2.24, 2.45) is 0 Å². The van der Waals surface area contributed by atoms with Gasteiger partial charge in [-0.05, 0) is 18.2 Å². The average Bonchev–Trinajstić information content (AvgIpc) is 2.35. The number of phenolic OH excluding ortho intramolecular Hbond substituents is 1. The first-order valence-electron chi connectivity index (χ1n) is 5.66. The van der Waals surface area contributed by atoms with Crippen LogP contribution in [0, 0.1) is 0 Å². The fourth-order valence-electron chi connectivity index (χ4n) is 1.43. The van der Waals surface area contributed by atoms with Crippen LogP contribution in [0.1, 0.15) is 5.56 Å². The number of ether oxygens (including phenoxy) is 1. The first-order valence-corrected chi connectivity index (χ1v) is 5.66. The molecule has 4 N–H and O–H groups in total. The summed E-state index contributed by atoms with van der Waals surface area (Å²) in [7, 11) is 1.60. The van der Waals surface area contributed by atoms with E-state index < -0.39 is 0 Å². The molecule has 0 bridgehead atoms. The molecular weight excluding hydrogens is 220 g/mol. The molecule has 17 heavy (non-hydrogen) atoms. The third-order valence-electron chi connectivity index (χ3n) is 2.37. The van der Waals surface area contributed by atoms with E-state index in [2.05, 4.69) is 10.6 Å². The van der Waals surface area contributed by atoms with Crippen molar-refractivity contribution >= 4 is 0 Å². The maximum absolute atomic E-state index is 9.63. The molecule has 0 aromatic heterocycles. The summed E-state index contributed by atoms with van der Waals surface area (Å²) in [5.74, 6) is 1.000. The van der Waals surface area contributed by atoms with E-state index in [-0.39, 0.29) is 12.4 Å². The number of aliphatic hydroxyl groups is 1. The molecule has 5 nitrogen and oxygen atoms in total. The molecule has 0 saturated carbocycles. The van der Waals surface area contributed by atoms with E-state index in [1.807, 2.05) is 6.07 Å². The number of hydrogen-bond acceptors (Lipinski definition) is 5. The SMILES string of the molecule is COc1ccc(O)c(CNCCNCCO)c1. The van der Waals surface area contributed by atoms with Gasteiger partial charge in [0.2, 0.25) is 0 Å². The van der Waals surface area contributed by atoms with Crippen LogP contribution in [0.25, 0.3) is 0 Å². The van der Waals surface area contributed by atoms with E-state index >= 15 is 0 Å². The second kappa shape index (κ2) is 7.89. The number of nitrogens with one attached hydrogen (secondary N) is 2. The maximum atomic E-state index is 9.63. The van der Waals surface area contributed by atoms with E-state index in [0.717, 1.165) is 24.4 Å². The highest BCUT2D eigenvalue weighted by Gasteiger charge is 2.02. The molecule has 0 amide bonds. The van der Waals surface area contributed by atoms with Gasteiger partial charge in [-0.1, -0.05) is 0 Å². The van der Waals surface area contributed by atoms with E-state index in [1.165, 1.54) is 0 Å². The van der Waals surface area contributed by atoms with Gasteiger partial charge in [-0.3, -0.25) is 0 Å². The normalized spacial score (nSPS) is 10.5. The Balaban J connectivity index is 2.30. The average molecular weight is 240 g/mol. The van der Waals surface area contributed by atoms with E-state index in [4.69, 9.17) is 9.84 Å². The number of rotatable bonds is 8. The Hall–Kier alpha value is -1.30. The molecule has 0 saturated heterocycles. The molecule has 0 unspecified atom stereocenters. The summed E-state index contributed by atoms with van der Waals surface area (Å²) >= 11 is 0. The molecule has 0 aliphatic rings. The molecule has 0 aliphatic heterocycles. The summed E-state index contributed by atoms with van der Waals surface area (Å²) in [6.45, 7) is 2.90. The fraction of sp³-hybridized carbons (Fsp3) is 0.500. The van der Waals surface area contributed by atoms with Gasteiger partial charge < -0.3 is 25.6 Å². The summed E-state index contributed by atoms with van der Waals surface area (Å²) in [4.78, 5) is 0. The Bertz CT molecular complexity index is 332. The highest BCUT2D eigenvalue weighted by atomic mass is 16.5. The van der Waals surface area contributed by atoms with Crippen LogP contribution in [0.3, 0.4) is 0 Å². The second-order valence-electron chi connectivity index (χ2n) is 3.65.